The van der Waals surface area contributed by atoms with E-state index in [-0.39, 0.29) is 0 Å². The van der Waals surface area contributed by atoms with Gasteiger partial charge in [0.15, 0.2) is 0 Å². The second kappa shape index (κ2) is 9.65. The Kier molecular flexibility index (Phi) is 9.02. The molecule has 1 aromatic carbocycles. The van der Waals surface area contributed by atoms with E-state index in [0.29, 0.717) is 12.1 Å². The molecule has 0 heterocycles. The molecule has 204 valence electrons. The normalized spacial score (nSPS) is 16.3. The van der Waals surface area contributed by atoms with Gasteiger partial charge in [0.05, 0.1) is 6.61 Å². The second-order valence-corrected chi connectivity index (χ2v) is 6.24. The Balaban J connectivity index is 0.00000562. The molecule has 35 heavy (non-hydrogen) atoms. The minimum Gasteiger partial charge on any atom is -0.329 e. The van der Waals surface area contributed by atoms with Crippen LogP contribution in [0.4, 0.5) is 74.6 Å². The van der Waals surface area contributed by atoms with Crippen LogP contribution in [0, 0.1) is 0 Å². The third-order valence-corrected chi connectivity index (χ3v) is 3.98. The van der Waals surface area contributed by atoms with Gasteiger partial charge in [-0.05, 0) is 5.56 Å². The smallest absolute Gasteiger partial charge is 0.329 e. The van der Waals surface area contributed by atoms with Crippen LogP contribution < -0.4 is 0 Å². The van der Waals surface area contributed by atoms with Gasteiger partial charge in [0, 0.05) is 0 Å². The van der Waals surface area contributed by atoms with Crippen molar-refractivity contribution in [3.8, 4) is 0 Å². The van der Waals surface area contributed by atoms with E-state index in [1.54, 1.807) is 0 Å². The molecule has 1 nitrogen and oxygen atoms in total. The molecule has 0 aliphatic rings. The molecule has 0 aliphatic heterocycles. The molecule has 1 atom stereocenters. The van der Waals surface area contributed by atoms with Gasteiger partial charge >= 0.3 is 47.8 Å². The van der Waals surface area contributed by atoms with Gasteiger partial charge in [-0.25, -0.2) is 0 Å². The molecule has 18 heteroatoms. The van der Waals surface area contributed by atoms with Crippen molar-refractivity contribution in [2.24, 2.45) is 0 Å². The lowest BCUT2D eigenvalue weighted by atomic mass is 9.90. The first kappa shape index (κ1) is 32.7. The molecule has 0 saturated heterocycles. The lowest BCUT2D eigenvalue weighted by Crippen LogP contribution is -2.75. The van der Waals surface area contributed by atoms with E-state index in [9.17, 15) is 74.6 Å². The van der Waals surface area contributed by atoms with Crippen LogP contribution in [-0.2, 0) is 11.3 Å². The predicted molar refractivity (Wildman–Crippen MR) is 83.2 cm³/mol. The topological polar surface area (TPSA) is 9.23 Å². The third-order valence-electron chi connectivity index (χ3n) is 3.98. The van der Waals surface area contributed by atoms with Crippen LogP contribution in [0.3, 0.4) is 0 Å². The minimum atomic E-state index is -8.61. The lowest BCUT2D eigenvalue weighted by molar-refractivity contribution is -0.484. The maximum absolute atomic E-state index is 14.1. The quantitative estimate of drug-likeness (QED) is 0.234. The molecule has 1 unspecified atom stereocenters. The molecule has 1 aromatic rings. The van der Waals surface area contributed by atoms with Gasteiger partial charge in [0.25, 0.3) is 0 Å². The van der Waals surface area contributed by atoms with Crippen LogP contribution >= 0.6 is 0 Å². The zero-order chi connectivity index (χ0) is 28.5. The average Bonchev–Trinajstić information content (AvgIpc) is 2.71. The molecule has 0 spiro atoms. The van der Waals surface area contributed by atoms with E-state index in [4.69, 9.17) is 0 Å². The first-order valence-corrected chi connectivity index (χ1v) is 8.22. The maximum Gasteiger partial charge on any atom is 0.460 e. The highest BCUT2D eigenvalue weighted by Crippen LogP contribution is 2.64. The highest BCUT2D eigenvalue weighted by molar-refractivity contribution is 5.16. The summed E-state index contributed by atoms with van der Waals surface area (Å²) in [6.07, 6.45) is -15.2. The zero-order valence-electron chi connectivity index (χ0n) is 16.3. The molecule has 0 bridgehead atoms. The summed E-state index contributed by atoms with van der Waals surface area (Å²) in [4.78, 5) is 0. The molecule has 0 saturated carbocycles. The minimum absolute atomic E-state index is 0.691. The summed E-state index contributed by atoms with van der Waals surface area (Å²) in [5.41, 5.74) is -0.691. The summed E-state index contributed by atoms with van der Waals surface area (Å²) in [5.74, 6) is -49.3. The average molecular weight is 554 g/mol. The Bertz CT molecular complexity index is 827. The van der Waals surface area contributed by atoms with Crippen molar-refractivity contribution in [1.29, 1.82) is 0 Å². The SMILES string of the molecule is C=C.FC(F)(F)C(F)(F)C(F)(F)C(F)(F)C(F)(F)C(F)(F)C(F)(OCc1ccccc1)C(F)(F)F. The van der Waals surface area contributed by atoms with Crippen molar-refractivity contribution in [3.63, 3.8) is 0 Å². The van der Waals surface area contributed by atoms with Crippen molar-refractivity contribution < 1.29 is 79.4 Å². The van der Waals surface area contributed by atoms with E-state index in [1.165, 1.54) is 0 Å². The molecule has 0 N–H and O–H groups in total. The summed E-state index contributed by atoms with van der Waals surface area (Å²) >= 11 is 0. The van der Waals surface area contributed by atoms with Crippen molar-refractivity contribution in [2.45, 2.75) is 54.4 Å². The molecule has 0 aromatic heterocycles. The van der Waals surface area contributed by atoms with Crippen molar-refractivity contribution in [3.05, 3.63) is 49.1 Å². The number of ether oxygens (including phenoxy) is 1. The van der Waals surface area contributed by atoms with Gasteiger partial charge in [-0.1, -0.05) is 30.3 Å². The molecule has 0 amide bonds. The maximum atomic E-state index is 14.1. The summed E-state index contributed by atoms with van der Waals surface area (Å²) < 4.78 is 225. The largest absolute Gasteiger partial charge is 0.460 e. The fourth-order valence-corrected chi connectivity index (χ4v) is 2.08. The number of benzene rings is 1. The summed E-state index contributed by atoms with van der Waals surface area (Å²) in [6, 6.07) is 4.46. The summed E-state index contributed by atoms with van der Waals surface area (Å²) in [5, 5.41) is 0. The third kappa shape index (κ3) is 5.02. The van der Waals surface area contributed by atoms with Gasteiger partial charge in [0.2, 0.25) is 0 Å². The van der Waals surface area contributed by atoms with E-state index < -0.39 is 60.0 Å². The monoisotopic (exact) mass is 554 g/mol. The molecule has 0 fully saturated rings. The Labute approximate surface area is 184 Å². The van der Waals surface area contributed by atoms with Crippen LogP contribution in [0.5, 0.6) is 0 Å². The molecule has 0 aliphatic carbocycles. The number of halogens is 17. The first-order chi connectivity index (χ1) is 15.3. The molecular formula is C17H11F17O. The van der Waals surface area contributed by atoms with Crippen LogP contribution in [-0.4, -0.2) is 47.8 Å². The summed E-state index contributed by atoms with van der Waals surface area (Å²) in [6.45, 7) is 3.96. The van der Waals surface area contributed by atoms with Crippen LogP contribution in [0.15, 0.2) is 43.5 Å². The van der Waals surface area contributed by atoms with E-state index in [2.05, 4.69) is 17.9 Å². The van der Waals surface area contributed by atoms with Crippen LogP contribution in [0.2, 0.25) is 0 Å². The van der Waals surface area contributed by atoms with E-state index in [1.807, 2.05) is 0 Å². The molecule has 1 rings (SSSR count). The standard InChI is InChI=1S/C15H7F17O.C2H4/c16-8(17,10(20,21)12(24,25)14(27,28)29)9(18,19)11(22,23)13(26,15(30,31)32)33-6-7-4-2-1-3-5-7;1-2/h1-5H,6H2;1-2H2. The van der Waals surface area contributed by atoms with Gasteiger partial charge < -0.3 is 4.74 Å². The number of hydrogen-bond acceptors (Lipinski definition) is 1. The first-order valence-electron chi connectivity index (χ1n) is 8.22. The Morgan fingerprint density at radius 3 is 1.17 bits per heavy atom. The Hall–Kier alpha value is -2.27. The lowest BCUT2D eigenvalue weighted by Gasteiger charge is -2.43. The van der Waals surface area contributed by atoms with Gasteiger partial charge in [-0.15, -0.1) is 13.2 Å². The van der Waals surface area contributed by atoms with Gasteiger partial charge in [-0.2, -0.15) is 74.6 Å². The molecular weight excluding hydrogens is 543 g/mol. The highest BCUT2D eigenvalue weighted by atomic mass is 19.4. The van der Waals surface area contributed by atoms with Gasteiger partial charge in [-0.3, -0.25) is 0 Å². The van der Waals surface area contributed by atoms with E-state index in [0.717, 1.165) is 18.2 Å². The zero-order valence-corrected chi connectivity index (χ0v) is 16.3. The molecule has 0 radical (unpaired) electrons. The fourth-order valence-electron chi connectivity index (χ4n) is 2.08. The van der Waals surface area contributed by atoms with E-state index >= 15 is 0 Å². The fraction of sp³-hybridized carbons (Fsp3) is 0.529. The number of alkyl halides is 17. The Morgan fingerprint density at radius 2 is 0.829 bits per heavy atom. The highest BCUT2D eigenvalue weighted by Gasteiger charge is 2.95. The van der Waals surface area contributed by atoms with Gasteiger partial charge in [0.1, 0.15) is 0 Å². The predicted octanol–water partition coefficient (Wildman–Crippen LogP) is 7.97. The summed E-state index contributed by atoms with van der Waals surface area (Å²) in [7, 11) is 0. The Morgan fingerprint density at radius 1 is 0.486 bits per heavy atom. The van der Waals surface area contributed by atoms with Crippen LogP contribution in [0.1, 0.15) is 5.56 Å². The van der Waals surface area contributed by atoms with Crippen molar-refractivity contribution >= 4 is 0 Å². The number of rotatable bonds is 8. The van der Waals surface area contributed by atoms with Crippen LogP contribution in [0.25, 0.3) is 0 Å². The van der Waals surface area contributed by atoms with Crippen molar-refractivity contribution in [2.75, 3.05) is 0 Å². The second-order valence-electron chi connectivity index (χ2n) is 6.24. The number of hydrogen-bond donors (Lipinski definition) is 0. The van der Waals surface area contributed by atoms with Crippen molar-refractivity contribution in [1.82, 2.24) is 0 Å².